The number of nitrogens with zero attached hydrogens (tertiary/aromatic N) is 2. The number of carbonyl (C=O) groups is 1. The Kier molecular flexibility index (Phi) is 4.72. The number of rotatable bonds is 4. The van der Waals surface area contributed by atoms with Crippen molar-refractivity contribution in [3.05, 3.63) is 12.4 Å². The molecule has 3 nitrogen and oxygen atoms in total. The summed E-state index contributed by atoms with van der Waals surface area (Å²) < 4.78 is 1.89. The van der Waals surface area contributed by atoms with Crippen LogP contribution in [-0.2, 0) is 11.3 Å². The van der Waals surface area contributed by atoms with Gasteiger partial charge >= 0.3 is 0 Å². The Morgan fingerprint density at radius 1 is 1.10 bits per heavy atom. The van der Waals surface area contributed by atoms with Crippen molar-refractivity contribution in [2.45, 2.75) is 76.7 Å². The lowest BCUT2D eigenvalue weighted by Gasteiger charge is -2.57. The van der Waals surface area contributed by atoms with Crippen LogP contribution in [0.3, 0.4) is 0 Å². The molecule has 164 valence electrons. The van der Waals surface area contributed by atoms with Crippen LogP contribution < -0.4 is 0 Å². The number of fused-ring (bicyclic) bond motifs is 7. The molecular weight excluding hydrogens is 388 g/mol. The maximum atomic E-state index is 13.6. The molecule has 5 saturated carbocycles. The quantitative estimate of drug-likeness (QED) is 0.559. The third-order valence-corrected chi connectivity index (χ3v) is 11.2. The van der Waals surface area contributed by atoms with Crippen LogP contribution in [0.1, 0.15) is 65.2 Å². The Morgan fingerprint density at radius 3 is 2.73 bits per heavy atom. The number of Topliss-reactive ketones (excluding diaryl/α,β-unsaturated/α-hetero) is 1. The average molecular weight is 427 g/mol. The zero-order chi connectivity index (χ0) is 20.6. The third kappa shape index (κ3) is 2.91. The Bertz CT molecular complexity index is 835. The van der Waals surface area contributed by atoms with Gasteiger partial charge in [-0.1, -0.05) is 20.3 Å². The van der Waals surface area contributed by atoms with E-state index in [9.17, 15) is 4.79 Å². The molecule has 1 heterocycles. The Morgan fingerprint density at radius 2 is 1.93 bits per heavy atom. The van der Waals surface area contributed by atoms with E-state index in [4.69, 9.17) is 0 Å². The van der Waals surface area contributed by atoms with Crippen molar-refractivity contribution in [1.82, 2.24) is 9.78 Å². The molecule has 6 rings (SSSR count). The van der Waals surface area contributed by atoms with Gasteiger partial charge in [0, 0.05) is 17.0 Å². The summed E-state index contributed by atoms with van der Waals surface area (Å²) in [6.07, 6.45) is 17.4. The zero-order valence-electron chi connectivity index (χ0n) is 18.9. The van der Waals surface area contributed by atoms with Crippen LogP contribution in [0.2, 0.25) is 0 Å². The summed E-state index contributed by atoms with van der Waals surface area (Å²) in [5.74, 6) is 7.99. The van der Waals surface area contributed by atoms with E-state index in [1.54, 1.807) is 11.8 Å². The number of hydrogen-bond donors (Lipinski definition) is 0. The van der Waals surface area contributed by atoms with E-state index in [0.717, 1.165) is 46.3 Å². The first-order valence-corrected chi connectivity index (χ1v) is 13.8. The van der Waals surface area contributed by atoms with E-state index < -0.39 is 0 Å². The summed E-state index contributed by atoms with van der Waals surface area (Å²) in [5.41, 5.74) is 0.260. The number of carbonyl (C=O) groups excluding carboxylic acids is 1. The highest BCUT2D eigenvalue weighted by molar-refractivity contribution is 7.98. The molecule has 0 bridgehead atoms. The molecule has 0 saturated heterocycles. The van der Waals surface area contributed by atoms with Crippen molar-refractivity contribution in [2.75, 3.05) is 6.26 Å². The van der Waals surface area contributed by atoms with Gasteiger partial charge in [0.05, 0.1) is 12.7 Å². The summed E-state index contributed by atoms with van der Waals surface area (Å²) in [4.78, 5) is 14.7. The molecule has 1 aromatic heterocycles. The van der Waals surface area contributed by atoms with E-state index in [1.165, 1.54) is 51.4 Å². The minimum absolute atomic E-state index is 0.260. The first-order valence-electron chi connectivity index (χ1n) is 12.6. The van der Waals surface area contributed by atoms with Crippen molar-refractivity contribution in [2.24, 2.45) is 58.7 Å². The molecule has 1 aromatic rings. The van der Waals surface area contributed by atoms with Crippen LogP contribution in [-0.4, -0.2) is 21.8 Å². The molecule has 0 aromatic carbocycles. The molecular formula is C26H38N2OS. The van der Waals surface area contributed by atoms with E-state index in [2.05, 4.69) is 25.2 Å². The molecule has 0 unspecified atom stereocenters. The van der Waals surface area contributed by atoms with Crippen LogP contribution in [0.15, 0.2) is 17.3 Å². The van der Waals surface area contributed by atoms with Crippen molar-refractivity contribution in [3.63, 3.8) is 0 Å². The highest BCUT2D eigenvalue weighted by Crippen LogP contribution is 2.74. The topological polar surface area (TPSA) is 34.9 Å². The fourth-order valence-electron chi connectivity index (χ4n) is 9.45. The molecule has 0 aliphatic heterocycles. The van der Waals surface area contributed by atoms with Gasteiger partial charge in [-0.05, 0) is 104 Å². The molecule has 5 fully saturated rings. The predicted octanol–water partition coefficient (Wildman–Crippen LogP) is 5.93. The van der Waals surface area contributed by atoms with E-state index in [-0.39, 0.29) is 5.41 Å². The van der Waals surface area contributed by atoms with Crippen molar-refractivity contribution >= 4 is 17.5 Å². The van der Waals surface area contributed by atoms with Crippen LogP contribution in [0.5, 0.6) is 0 Å². The second-order valence-corrected chi connectivity index (χ2v) is 12.8. The predicted molar refractivity (Wildman–Crippen MR) is 121 cm³/mol. The summed E-state index contributed by atoms with van der Waals surface area (Å²) in [6.45, 7) is 5.48. The fourth-order valence-corrected chi connectivity index (χ4v) is 9.83. The second kappa shape index (κ2) is 7.12. The van der Waals surface area contributed by atoms with Crippen LogP contribution in [0.4, 0.5) is 0 Å². The highest BCUT2D eigenvalue weighted by atomic mass is 32.2. The van der Waals surface area contributed by atoms with Gasteiger partial charge in [0.1, 0.15) is 0 Å². The van der Waals surface area contributed by atoms with Crippen LogP contribution >= 0.6 is 11.8 Å². The van der Waals surface area contributed by atoms with Crippen molar-refractivity contribution in [1.29, 1.82) is 0 Å². The van der Waals surface area contributed by atoms with Crippen LogP contribution in [0.25, 0.3) is 0 Å². The van der Waals surface area contributed by atoms with Gasteiger partial charge < -0.3 is 0 Å². The maximum absolute atomic E-state index is 13.6. The summed E-state index contributed by atoms with van der Waals surface area (Å²) in [6, 6.07) is 0. The van der Waals surface area contributed by atoms with E-state index in [1.807, 2.05) is 17.1 Å². The first-order chi connectivity index (χ1) is 14.5. The third-order valence-electron chi connectivity index (χ3n) is 10.5. The number of hydrogen-bond acceptors (Lipinski definition) is 3. The lowest BCUT2D eigenvalue weighted by Crippen LogP contribution is -2.51. The summed E-state index contributed by atoms with van der Waals surface area (Å²) >= 11 is 1.70. The Balaban J connectivity index is 1.22. The zero-order valence-corrected chi connectivity index (χ0v) is 19.7. The average Bonchev–Trinajstić information content (AvgIpc) is 3.24. The molecule has 0 spiro atoms. The molecule has 5 aliphatic carbocycles. The van der Waals surface area contributed by atoms with Gasteiger partial charge in [-0.25, -0.2) is 0 Å². The monoisotopic (exact) mass is 426 g/mol. The standard InChI is InChI=1S/C26H38N2OS/c1-15-4-6-18-16(10-15)5-7-20-19(18)8-9-26(2)24(20)21-11-22(21)25(26)23(29)14-28-13-17(30-3)12-27-28/h12-13,15-16,18-22,24-25H,4-11,14H2,1-3H3/t15-,16+,18-,19+,20+,21+,22-,24+,25+,26-/m0/s1. The van der Waals surface area contributed by atoms with E-state index in [0.29, 0.717) is 24.2 Å². The number of thioether (sulfide) groups is 1. The lowest BCUT2D eigenvalue weighted by molar-refractivity contribution is -0.134. The molecule has 10 atom stereocenters. The van der Waals surface area contributed by atoms with Gasteiger partial charge in [0.25, 0.3) is 0 Å². The number of ketones is 1. The molecule has 30 heavy (non-hydrogen) atoms. The first kappa shape index (κ1) is 19.9. The van der Waals surface area contributed by atoms with E-state index >= 15 is 0 Å². The highest BCUT2D eigenvalue weighted by Gasteiger charge is 2.70. The smallest absolute Gasteiger partial charge is 0.158 e. The van der Waals surface area contributed by atoms with Gasteiger partial charge in [-0.15, -0.1) is 11.8 Å². The molecule has 0 N–H and O–H groups in total. The lowest BCUT2D eigenvalue weighted by atomic mass is 9.48. The SMILES string of the molecule is CSc1cnn(CC(=O)[C@H]2[C@H]3C[C@H]3[C@H]3[C@@H]4CC[C@@H]5C[C@@H](C)CC[C@@H]5[C@H]4CC[C@@]32C)c1. The largest absolute Gasteiger partial charge is 0.297 e. The van der Waals surface area contributed by atoms with Crippen LogP contribution in [0, 0.1) is 58.7 Å². The molecule has 0 radical (unpaired) electrons. The van der Waals surface area contributed by atoms with Gasteiger partial charge in [-0.2, -0.15) is 5.10 Å². The Hall–Kier alpha value is -0.770. The molecule has 0 amide bonds. The normalized spacial score (nSPS) is 49.0. The van der Waals surface area contributed by atoms with Crippen molar-refractivity contribution in [3.8, 4) is 0 Å². The van der Waals surface area contributed by atoms with Gasteiger partial charge in [0.2, 0.25) is 0 Å². The minimum atomic E-state index is 0.260. The summed E-state index contributed by atoms with van der Waals surface area (Å²) in [5, 5.41) is 4.46. The minimum Gasteiger partial charge on any atom is -0.297 e. The Labute approximate surface area is 186 Å². The molecule has 4 heteroatoms. The van der Waals surface area contributed by atoms with Crippen molar-refractivity contribution < 1.29 is 4.79 Å². The molecule has 5 aliphatic rings. The van der Waals surface area contributed by atoms with Gasteiger partial charge in [0.15, 0.2) is 5.78 Å². The fraction of sp³-hybridized carbons (Fsp3) is 0.846. The maximum Gasteiger partial charge on any atom is 0.158 e. The number of aromatic nitrogens is 2. The second-order valence-electron chi connectivity index (χ2n) is 11.9. The van der Waals surface area contributed by atoms with Gasteiger partial charge in [-0.3, -0.25) is 9.48 Å². The summed E-state index contributed by atoms with van der Waals surface area (Å²) in [7, 11) is 0.